The first-order valence-corrected chi connectivity index (χ1v) is 10.9. The molecule has 0 bridgehead atoms. The number of hydrogen-bond acceptors (Lipinski definition) is 4. The second kappa shape index (κ2) is 9.53. The SMILES string of the molecule is Cc1nc(C)c(Cc2ccccc2Cl)c(N2CCN(C(=O)Nc3ccccc3F)CC2)n1. The van der Waals surface area contributed by atoms with Gasteiger partial charge in [0.1, 0.15) is 17.5 Å². The van der Waals surface area contributed by atoms with E-state index >= 15 is 0 Å². The van der Waals surface area contributed by atoms with Gasteiger partial charge in [-0.25, -0.2) is 19.2 Å². The number of benzene rings is 2. The lowest BCUT2D eigenvalue weighted by Gasteiger charge is -2.36. The van der Waals surface area contributed by atoms with Crippen LogP contribution in [0.2, 0.25) is 5.02 Å². The largest absolute Gasteiger partial charge is 0.353 e. The van der Waals surface area contributed by atoms with Crippen LogP contribution in [0.25, 0.3) is 0 Å². The average Bonchev–Trinajstić information content (AvgIpc) is 2.78. The molecule has 1 aliphatic rings. The van der Waals surface area contributed by atoms with Gasteiger partial charge >= 0.3 is 6.03 Å². The molecule has 2 amide bonds. The maximum atomic E-state index is 13.9. The van der Waals surface area contributed by atoms with Crippen LogP contribution in [0.15, 0.2) is 48.5 Å². The van der Waals surface area contributed by atoms with E-state index in [2.05, 4.69) is 15.2 Å². The number of rotatable bonds is 4. The Balaban J connectivity index is 1.49. The summed E-state index contributed by atoms with van der Waals surface area (Å²) in [6.45, 7) is 6.13. The number of nitrogens with zero attached hydrogens (tertiary/aromatic N) is 4. The summed E-state index contributed by atoms with van der Waals surface area (Å²) in [4.78, 5) is 25.8. The van der Waals surface area contributed by atoms with Crippen LogP contribution in [0.4, 0.5) is 20.7 Å². The maximum Gasteiger partial charge on any atom is 0.322 e. The number of carbonyl (C=O) groups excluding carboxylic acids is 1. The third kappa shape index (κ3) is 4.83. The first kappa shape index (κ1) is 22.0. The van der Waals surface area contributed by atoms with Crippen molar-refractivity contribution in [2.45, 2.75) is 20.3 Å². The van der Waals surface area contributed by atoms with E-state index in [-0.39, 0.29) is 11.7 Å². The lowest BCUT2D eigenvalue weighted by atomic mass is 10.0. The Bertz CT molecular complexity index is 1130. The van der Waals surface area contributed by atoms with Crippen molar-refractivity contribution >= 4 is 29.1 Å². The van der Waals surface area contributed by atoms with Gasteiger partial charge < -0.3 is 15.1 Å². The minimum Gasteiger partial charge on any atom is -0.353 e. The lowest BCUT2D eigenvalue weighted by molar-refractivity contribution is 0.208. The number of aromatic nitrogens is 2. The van der Waals surface area contributed by atoms with Crippen LogP contribution >= 0.6 is 11.6 Å². The third-order valence-corrected chi connectivity index (χ3v) is 5.98. The monoisotopic (exact) mass is 453 g/mol. The normalized spacial score (nSPS) is 13.9. The van der Waals surface area contributed by atoms with Crippen LogP contribution in [0.1, 0.15) is 22.6 Å². The van der Waals surface area contributed by atoms with Crippen molar-refractivity contribution in [1.82, 2.24) is 14.9 Å². The van der Waals surface area contributed by atoms with E-state index in [9.17, 15) is 9.18 Å². The van der Waals surface area contributed by atoms with Gasteiger partial charge in [0.05, 0.1) is 5.69 Å². The second-order valence-electron chi connectivity index (χ2n) is 7.81. The van der Waals surface area contributed by atoms with E-state index < -0.39 is 5.82 Å². The number of aryl methyl sites for hydroxylation is 2. The molecule has 1 N–H and O–H groups in total. The van der Waals surface area contributed by atoms with Crippen LogP contribution in [0.5, 0.6) is 0 Å². The molecule has 0 spiro atoms. The summed E-state index contributed by atoms with van der Waals surface area (Å²) in [5.74, 6) is 1.14. The molecule has 0 unspecified atom stereocenters. The Kier molecular flexibility index (Phi) is 6.55. The average molecular weight is 454 g/mol. The van der Waals surface area contributed by atoms with E-state index in [1.807, 2.05) is 38.1 Å². The van der Waals surface area contributed by atoms with Crippen molar-refractivity contribution in [1.29, 1.82) is 0 Å². The molecule has 1 saturated heterocycles. The second-order valence-corrected chi connectivity index (χ2v) is 8.22. The predicted octanol–water partition coefficient (Wildman–Crippen LogP) is 4.83. The third-order valence-electron chi connectivity index (χ3n) is 5.61. The molecule has 2 heterocycles. The van der Waals surface area contributed by atoms with Crippen LogP contribution in [0, 0.1) is 19.7 Å². The van der Waals surface area contributed by atoms with E-state index in [1.54, 1.807) is 23.1 Å². The highest BCUT2D eigenvalue weighted by molar-refractivity contribution is 6.31. The van der Waals surface area contributed by atoms with Crippen molar-refractivity contribution in [2.24, 2.45) is 0 Å². The van der Waals surface area contributed by atoms with Gasteiger partial charge in [-0.05, 0) is 37.6 Å². The van der Waals surface area contributed by atoms with Gasteiger partial charge in [0.25, 0.3) is 0 Å². The van der Waals surface area contributed by atoms with Gasteiger partial charge in [0.15, 0.2) is 0 Å². The molecule has 8 heteroatoms. The zero-order chi connectivity index (χ0) is 22.7. The molecule has 1 fully saturated rings. The van der Waals surface area contributed by atoms with Gasteiger partial charge in [0, 0.05) is 48.9 Å². The number of para-hydroxylation sites is 1. The molecule has 1 aliphatic heterocycles. The van der Waals surface area contributed by atoms with Gasteiger partial charge in [-0.2, -0.15) is 0 Å². The summed E-state index contributed by atoms with van der Waals surface area (Å²) in [5.41, 5.74) is 3.16. The van der Waals surface area contributed by atoms with E-state index in [0.29, 0.717) is 43.4 Å². The highest BCUT2D eigenvalue weighted by atomic mass is 35.5. The number of urea groups is 1. The molecule has 32 heavy (non-hydrogen) atoms. The van der Waals surface area contributed by atoms with Crippen molar-refractivity contribution < 1.29 is 9.18 Å². The summed E-state index contributed by atoms with van der Waals surface area (Å²) in [7, 11) is 0. The standard InChI is InChI=1S/C24H25ClFN5O/c1-16-19(15-18-7-3-4-8-20(18)25)23(28-17(2)27-16)30-11-13-31(14-12-30)24(32)29-22-10-6-5-9-21(22)26/h3-10H,11-15H2,1-2H3,(H,29,32). The summed E-state index contributed by atoms with van der Waals surface area (Å²) in [6, 6.07) is 13.6. The highest BCUT2D eigenvalue weighted by Crippen LogP contribution is 2.27. The summed E-state index contributed by atoms with van der Waals surface area (Å²) >= 11 is 6.40. The number of amides is 2. The summed E-state index contributed by atoms with van der Waals surface area (Å²) < 4.78 is 13.9. The zero-order valence-corrected chi connectivity index (χ0v) is 18.9. The van der Waals surface area contributed by atoms with Gasteiger partial charge in [0.2, 0.25) is 0 Å². The Morgan fingerprint density at radius 3 is 2.44 bits per heavy atom. The van der Waals surface area contributed by atoms with E-state index in [1.165, 1.54) is 6.07 Å². The Labute approximate surface area is 192 Å². The topological polar surface area (TPSA) is 61.4 Å². The summed E-state index contributed by atoms with van der Waals surface area (Å²) in [5, 5.41) is 3.37. The zero-order valence-electron chi connectivity index (χ0n) is 18.1. The van der Waals surface area contributed by atoms with E-state index in [4.69, 9.17) is 16.6 Å². The van der Waals surface area contributed by atoms with Crippen molar-refractivity contribution in [3.05, 3.63) is 82.0 Å². The molecule has 0 saturated carbocycles. The number of halogens is 2. The molecule has 3 aromatic rings. The molecule has 6 nitrogen and oxygen atoms in total. The quantitative estimate of drug-likeness (QED) is 0.614. The van der Waals surface area contributed by atoms with Crippen molar-refractivity contribution in [3.63, 3.8) is 0 Å². The van der Waals surface area contributed by atoms with Gasteiger partial charge in [-0.15, -0.1) is 0 Å². The van der Waals surface area contributed by atoms with Crippen LogP contribution in [-0.2, 0) is 6.42 Å². The Morgan fingerprint density at radius 2 is 1.72 bits per heavy atom. The number of hydrogen-bond donors (Lipinski definition) is 1. The molecular weight excluding hydrogens is 429 g/mol. The number of piperazine rings is 1. The van der Waals surface area contributed by atoms with E-state index in [0.717, 1.165) is 22.6 Å². The molecular formula is C24H25ClFN5O. The minimum absolute atomic E-state index is 0.184. The molecule has 2 aromatic carbocycles. The minimum atomic E-state index is -0.448. The van der Waals surface area contributed by atoms with Crippen LogP contribution in [0.3, 0.4) is 0 Å². The fraction of sp³-hybridized carbons (Fsp3) is 0.292. The van der Waals surface area contributed by atoms with Crippen molar-refractivity contribution in [3.8, 4) is 0 Å². The fourth-order valence-corrected chi connectivity index (χ4v) is 4.10. The molecule has 0 aliphatic carbocycles. The van der Waals surface area contributed by atoms with Crippen LogP contribution < -0.4 is 10.2 Å². The first-order valence-electron chi connectivity index (χ1n) is 10.6. The molecule has 0 radical (unpaired) electrons. The lowest BCUT2D eigenvalue weighted by Crippen LogP contribution is -2.50. The Hall–Kier alpha value is -3.19. The Morgan fingerprint density at radius 1 is 1.03 bits per heavy atom. The summed E-state index contributed by atoms with van der Waals surface area (Å²) in [6.07, 6.45) is 0.634. The number of anilines is 2. The first-order chi connectivity index (χ1) is 15.4. The van der Waals surface area contributed by atoms with Crippen LogP contribution in [-0.4, -0.2) is 47.1 Å². The van der Waals surface area contributed by atoms with Gasteiger partial charge in [-0.1, -0.05) is 41.9 Å². The molecule has 1 aromatic heterocycles. The maximum absolute atomic E-state index is 13.9. The number of carbonyl (C=O) groups is 1. The fourth-order valence-electron chi connectivity index (χ4n) is 3.90. The molecule has 4 rings (SSSR count). The molecule has 166 valence electrons. The highest BCUT2D eigenvalue weighted by Gasteiger charge is 2.25. The smallest absolute Gasteiger partial charge is 0.322 e. The number of nitrogens with one attached hydrogen (secondary N) is 1. The van der Waals surface area contributed by atoms with Gasteiger partial charge in [-0.3, -0.25) is 0 Å². The van der Waals surface area contributed by atoms with Crippen molar-refractivity contribution in [2.75, 3.05) is 36.4 Å². The molecule has 0 atom stereocenters. The predicted molar refractivity (Wildman–Crippen MR) is 125 cm³/mol.